The highest BCUT2D eigenvalue weighted by molar-refractivity contribution is 5.61. The molecule has 4 heteroatoms. The van der Waals surface area contributed by atoms with E-state index in [1.165, 1.54) is 5.57 Å². The average molecular weight is 237 g/mol. The summed E-state index contributed by atoms with van der Waals surface area (Å²) < 4.78 is 7.17. The summed E-state index contributed by atoms with van der Waals surface area (Å²) in [5.74, 6) is 1.32. The molecule has 96 valence electrons. The van der Waals surface area contributed by atoms with Gasteiger partial charge in [0.2, 0.25) is 5.88 Å². The maximum atomic E-state index is 5.39. The molecule has 0 bridgehead atoms. The number of methoxy groups -OCH3 is 1. The number of nitrogens with zero attached hydrogens (tertiary/aromatic N) is 2. The second-order valence-electron chi connectivity index (χ2n) is 4.54. The van der Waals surface area contributed by atoms with Crippen molar-refractivity contribution in [3.63, 3.8) is 0 Å². The van der Waals surface area contributed by atoms with Gasteiger partial charge >= 0.3 is 0 Å². The number of rotatable bonds is 5. The highest BCUT2D eigenvalue weighted by atomic mass is 16.5. The molecule has 0 radical (unpaired) electrons. The molecular formula is C13H23N3O. The zero-order chi connectivity index (χ0) is 13.0. The van der Waals surface area contributed by atoms with Crippen LogP contribution in [0.2, 0.25) is 0 Å². The van der Waals surface area contributed by atoms with Gasteiger partial charge in [-0.3, -0.25) is 0 Å². The third-order valence-corrected chi connectivity index (χ3v) is 2.86. The van der Waals surface area contributed by atoms with Gasteiger partial charge < -0.3 is 10.1 Å². The van der Waals surface area contributed by atoms with E-state index < -0.39 is 0 Å². The molecule has 1 aromatic heterocycles. The third-order valence-electron chi connectivity index (χ3n) is 2.86. The first-order chi connectivity index (χ1) is 8.01. The van der Waals surface area contributed by atoms with Gasteiger partial charge in [0.05, 0.1) is 18.4 Å². The SMILES string of the molecule is CNCC(=Cc1c(C)nn(C)c1OC)C(C)C. The average Bonchev–Trinajstić information content (AvgIpc) is 2.52. The van der Waals surface area contributed by atoms with Crippen LogP contribution in [0.5, 0.6) is 5.88 Å². The number of aromatic nitrogens is 2. The van der Waals surface area contributed by atoms with Gasteiger partial charge in [0.15, 0.2) is 0 Å². The zero-order valence-corrected chi connectivity index (χ0v) is 11.7. The zero-order valence-electron chi connectivity index (χ0n) is 11.7. The fourth-order valence-electron chi connectivity index (χ4n) is 1.87. The van der Waals surface area contributed by atoms with Gasteiger partial charge in [-0.15, -0.1) is 0 Å². The Hall–Kier alpha value is -1.29. The molecule has 4 nitrogen and oxygen atoms in total. The van der Waals surface area contributed by atoms with Crippen LogP contribution in [0.25, 0.3) is 6.08 Å². The van der Waals surface area contributed by atoms with Crippen molar-refractivity contribution in [3.8, 4) is 5.88 Å². The Morgan fingerprint density at radius 2 is 2.18 bits per heavy atom. The molecule has 0 aliphatic heterocycles. The monoisotopic (exact) mass is 237 g/mol. The van der Waals surface area contributed by atoms with E-state index >= 15 is 0 Å². The Morgan fingerprint density at radius 1 is 1.53 bits per heavy atom. The summed E-state index contributed by atoms with van der Waals surface area (Å²) in [4.78, 5) is 0. The van der Waals surface area contributed by atoms with Crippen molar-refractivity contribution in [2.75, 3.05) is 20.7 Å². The van der Waals surface area contributed by atoms with Gasteiger partial charge in [0.25, 0.3) is 0 Å². The summed E-state index contributed by atoms with van der Waals surface area (Å²) in [5, 5.41) is 7.58. The van der Waals surface area contributed by atoms with E-state index in [0.29, 0.717) is 5.92 Å². The number of ether oxygens (including phenoxy) is 1. The maximum absolute atomic E-state index is 5.39. The Kier molecular flexibility index (Phi) is 4.75. The van der Waals surface area contributed by atoms with Crippen molar-refractivity contribution in [1.29, 1.82) is 0 Å². The van der Waals surface area contributed by atoms with E-state index in [1.807, 2.05) is 21.0 Å². The van der Waals surface area contributed by atoms with Crippen molar-refractivity contribution < 1.29 is 4.74 Å². The predicted molar refractivity (Wildman–Crippen MR) is 71.2 cm³/mol. The van der Waals surface area contributed by atoms with E-state index in [9.17, 15) is 0 Å². The van der Waals surface area contributed by atoms with Gasteiger partial charge in [-0.1, -0.05) is 19.4 Å². The van der Waals surface area contributed by atoms with Crippen LogP contribution >= 0.6 is 0 Å². The third kappa shape index (κ3) is 3.09. The van der Waals surface area contributed by atoms with Crippen molar-refractivity contribution in [1.82, 2.24) is 15.1 Å². The molecular weight excluding hydrogens is 214 g/mol. The predicted octanol–water partition coefficient (Wildman–Crippen LogP) is 2.00. The molecule has 0 saturated heterocycles. The Morgan fingerprint density at radius 3 is 2.65 bits per heavy atom. The molecule has 0 unspecified atom stereocenters. The second kappa shape index (κ2) is 5.87. The number of nitrogens with one attached hydrogen (secondary N) is 1. The van der Waals surface area contributed by atoms with Crippen molar-refractivity contribution >= 4 is 6.08 Å². The molecule has 1 N–H and O–H groups in total. The van der Waals surface area contributed by atoms with E-state index in [-0.39, 0.29) is 0 Å². The van der Waals surface area contributed by atoms with E-state index in [1.54, 1.807) is 11.8 Å². The van der Waals surface area contributed by atoms with Crippen LogP contribution in [0, 0.1) is 12.8 Å². The lowest BCUT2D eigenvalue weighted by Gasteiger charge is -2.11. The van der Waals surface area contributed by atoms with Crippen LogP contribution in [-0.2, 0) is 7.05 Å². The standard InChI is InChI=1S/C13H23N3O/c1-9(2)11(8-14-4)7-12-10(3)15-16(5)13(12)17-6/h7,9,14H,8H2,1-6H3. The van der Waals surface area contributed by atoms with Crippen LogP contribution in [-0.4, -0.2) is 30.5 Å². The normalized spacial score (nSPS) is 12.3. The summed E-state index contributed by atoms with van der Waals surface area (Å²) in [5.41, 5.74) is 3.43. The van der Waals surface area contributed by atoms with Crippen molar-refractivity contribution in [3.05, 3.63) is 16.8 Å². The minimum Gasteiger partial charge on any atom is -0.481 e. The molecule has 1 heterocycles. The lowest BCUT2D eigenvalue weighted by atomic mass is 10.0. The Bertz CT molecular complexity index is 405. The van der Waals surface area contributed by atoms with E-state index in [4.69, 9.17) is 4.74 Å². The molecule has 0 spiro atoms. The molecule has 0 saturated carbocycles. The molecule has 0 atom stereocenters. The highest BCUT2D eigenvalue weighted by Crippen LogP contribution is 2.25. The van der Waals surface area contributed by atoms with Crippen LogP contribution < -0.4 is 10.1 Å². The summed E-state index contributed by atoms with van der Waals surface area (Å²) >= 11 is 0. The first-order valence-corrected chi connectivity index (χ1v) is 5.93. The van der Waals surface area contributed by atoms with Crippen LogP contribution in [0.3, 0.4) is 0 Å². The molecule has 0 amide bonds. The second-order valence-corrected chi connectivity index (χ2v) is 4.54. The number of hydrogen-bond acceptors (Lipinski definition) is 3. The van der Waals surface area contributed by atoms with Gasteiger partial charge in [-0.25, -0.2) is 4.68 Å². The summed E-state index contributed by atoms with van der Waals surface area (Å²) in [6, 6.07) is 0. The fourth-order valence-corrected chi connectivity index (χ4v) is 1.87. The minimum absolute atomic E-state index is 0.506. The first-order valence-electron chi connectivity index (χ1n) is 5.93. The molecule has 1 aromatic rings. The quantitative estimate of drug-likeness (QED) is 0.851. The number of likely N-dealkylation sites (N-methyl/N-ethyl adjacent to an activating group) is 1. The van der Waals surface area contributed by atoms with E-state index in [0.717, 1.165) is 23.7 Å². The topological polar surface area (TPSA) is 39.1 Å². The lowest BCUT2D eigenvalue weighted by Crippen LogP contribution is -2.14. The van der Waals surface area contributed by atoms with E-state index in [2.05, 4.69) is 30.3 Å². The molecule has 0 aliphatic rings. The number of aryl methyl sites for hydroxylation is 2. The number of hydrogen-bond donors (Lipinski definition) is 1. The summed E-state index contributed by atoms with van der Waals surface area (Å²) in [6.45, 7) is 7.28. The van der Waals surface area contributed by atoms with Gasteiger partial charge in [0, 0.05) is 13.6 Å². The van der Waals surface area contributed by atoms with Crippen LogP contribution in [0.4, 0.5) is 0 Å². The summed E-state index contributed by atoms with van der Waals surface area (Å²) in [6.07, 6.45) is 2.18. The first kappa shape index (κ1) is 13.8. The molecule has 0 aromatic carbocycles. The Labute approximate surface area is 104 Å². The van der Waals surface area contributed by atoms with Crippen molar-refractivity contribution in [2.45, 2.75) is 20.8 Å². The largest absolute Gasteiger partial charge is 0.481 e. The molecule has 1 rings (SSSR count). The molecule has 17 heavy (non-hydrogen) atoms. The maximum Gasteiger partial charge on any atom is 0.218 e. The van der Waals surface area contributed by atoms with Gasteiger partial charge in [-0.05, 0) is 26.0 Å². The van der Waals surface area contributed by atoms with Crippen molar-refractivity contribution in [2.24, 2.45) is 13.0 Å². The fraction of sp³-hybridized carbons (Fsp3) is 0.615. The lowest BCUT2D eigenvalue weighted by molar-refractivity contribution is 0.372. The summed E-state index contributed by atoms with van der Waals surface area (Å²) in [7, 11) is 5.54. The van der Waals surface area contributed by atoms with Crippen LogP contribution in [0.1, 0.15) is 25.1 Å². The minimum atomic E-state index is 0.506. The van der Waals surface area contributed by atoms with Gasteiger partial charge in [0.1, 0.15) is 0 Å². The van der Waals surface area contributed by atoms with Crippen LogP contribution in [0.15, 0.2) is 5.57 Å². The van der Waals surface area contributed by atoms with Gasteiger partial charge in [-0.2, -0.15) is 5.10 Å². The molecule has 0 fully saturated rings. The molecule has 0 aliphatic carbocycles. The smallest absolute Gasteiger partial charge is 0.218 e. The highest BCUT2D eigenvalue weighted by Gasteiger charge is 2.13. The Balaban J connectivity index is 3.18.